The zero-order chi connectivity index (χ0) is 27.9. The van der Waals surface area contributed by atoms with Crippen molar-refractivity contribution in [2.75, 3.05) is 50.3 Å². The molecule has 1 saturated heterocycles. The Morgan fingerprint density at radius 3 is 2.15 bits per heavy atom. The lowest BCUT2D eigenvalue weighted by Gasteiger charge is -2.26. The van der Waals surface area contributed by atoms with Gasteiger partial charge in [-0.15, -0.1) is 0 Å². The third-order valence-electron chi connectivity index (χ3n) is 6.06. The van der Waals surface area contributed by atoms with E-state index >= 15 is 0 Å². The minimum absolute atomic E-state index is 0.0900. The van der Waals surface area contributed by atoms with Crippen LogP contribution in [0.3, 0.4) is 0 Å². The van der Waals surface area contributed by atoms with E-state index in [2.05, 4.69) is 5.32 Å². The van der Waals surface area contributed by atoms with Gasteiger partial charge in [0.25, 0.3) is 10.0 Å². The number of anilines is 1. The monoisotopic (exact) mass is 573 g/mol. The number of benzene rings is 3. The number of carbonyl (C=O) groups is 1. The molecule has 1 N–H and O–H groups in total. The molecular weight excluding hydrogens is 542 g/mol. The summed E-state index contributed by atoms with van der Waals surface area (Å²) in [6.07, 6.45) is 0. The summed E-state index contributed by atoms with van der Waals surface area (Å²) in [6.45, 7) is 3.05. The van der Waals surface area contributed by atoms with Crippen molar-refractivity contribution in [3.63, 3.8) is 0 Å². The van der Waals surface area contributed by atoms with Crippen LogP contribution in [0.15, 0.2) is 88.7 Å². The van der Waals surface area contributed by atoms with E-state index in [0.29, 0.717) is 37.7 Å². The van der Waals surface area contributed by atoms with E-state index in [1.165, 1.54) is 28.6 Å². The first-order chi connectivity index (χ1) is 18.7. The van der Waals surface area contributed by atoms with Crippen LogP contribution in [0.25, 0.3) is 0 Å². The van der Waals surface area contributed by atoms with Crippen LogP contribution >= 0.6 is 0 Å². The largest absolute Gasteiger partial charge is 0.492 e. The number of nitrogens with zero attached hydrogens (tertiary/aromatic N) is 2. The molecule has 208 valence electrons. The lowest BCUT2D eigenvalue weighted by Crippen LogP contribution is -2.41. The van der Waals surface area contributed by atoms with Gasteiger partial charge in [-0.1, -0.05) is 35.9 Å². The van der Waals surface area contributed by atoms with Gasteiger partial charge in [-0.05, 0) is 55.5 Å². The Bertz CT molecular complexity index is 1460. The molecule has 10 nitrogen and oxygen atoms in total. The van der Waals surface area contributed by atoms with Crippen LogP contribution in [0, 0.1) is 6.92 Å². The fourth-order valence-corrected chi connectivity index (χ4v) is 6.77. The second-order valence-corrected chi connectivity index (χ2v) is 12.6. The van der Waals surface area contributed by atoms with Crippen molar-refractivity contribution in [2.45, 2.75) is 16.7 Å². The number of hydrogen-bond acceptors (Lipinski definition) is 7. The molecule has 1 aliphatic heterocycles. The number of ether oxygens (including phenoxy) is 2. The van der Waals surface area contributed by atoms with Gasteiger partial charge < -0.3 is 14.8 Å². The summed E-state index contributed by atoms with van der Waals surface area (Å²) < 4.78 is 65.5. The minimum Gasteiger partial charge on any atom is -0.492 e. The minimum atomic E-state index is -3.98. The van der Waals surface area contributed by atoms with Gasteiger partial charge in [-0.3, -0.25) is 9.10 Å². The van der Waals surface area contributed by atoms with Crippen molar-refractivity contribution in [3.8, 4) is 5.75 Å². The molecule has 1 aliphatic rings. The van der Waals surface area contributed by atoms with Crippen LogP contribution in [0.4, 0.5) is 5.69 Å². The highest BCUT2D eigenvalue weighted by Crippen LogP contribution is 2.24. The molecule has 0 aromatic heterocycles. The second kappa shape index (κ2) is 12.6. The Morgan fingerprint density at radius 2 is 1.51 bits per heavy atom. The molecule has 4 rings (SSSR count). The van der Waals surface area contributed by atoms with E-state index in [-0.39, 0.29) is 22.9 Å². The molecule has 0 bridgehead atoms. The maximum atomic E-state index is 13.4. The maximum absolute atomic E-state index is 13.4. The molecule has 1 fully saturated rings. The Hall–Kier alpha value is -3.45. The number of para-hydroxylation sites is 1. The summed E-state index contributed by atoms with van der Waals surface area (Å²) in [5.41, 5.74) is 1.29. The molecule has 0 spiro atoms. The van der Waals surface area contributed by atoms with Crippen molar-refractivity contribution in [1.82, 2.24) is 9.62 Å². The number of carbonyl (C=O) groups excluding carboxylic acids is 1. The van der Waals surface area contributed by atoms with Crippen molar-refractivity contribution in [3.05, 3.63) is 84.4 Å². The predicted molar refractivity (Wildman–Crippen MR) is 147 cm³/mol. The van der Waals surface area contributed by atoms with Gasteiger partial charge in [0.05, 0.1) is 35.2 Å². The third kappa shape index (κ3) is 7.15. The Labute approximate surface area is 229 Å². The number of rotatable bonds is 11. The average Bonchev–Trinajstić information content (AvgIpc) is 2.95. The first-order valence-electron chi connectivity index (χ1n) is 12.4. The number of hydrogen-bond donors (Lipinski definition) is 1. The molecule has 12 heteroatoms. The van der Waals surface area contributed by atoms with Crippen molar-refractivity contribution in [1.29, 1.82) is 0 Å². The van der Waals surface area contributed by atoms with E-state index in [1.54, 1.807) is 54.6 Å². The fourth-order valence-electron chi connectivity index (χ4n) is 3.94. The van der Waals surface area contributed by atoms with E-state index in [0.717, 1.165) is 9.87 Å². The summed E-state index contributed by atoms with van der Waals surface area (Å²) in [5.74, 6) is -0.0527. The predicted octanol–water partition coefficient (Wildman–Crippen LogP) is 2.41. The molecule has 1 amide bonds. The van der Waals surface area contributed by atoms with Gasteiger partial charge in [0.1, 0.15) is 18.9 Å². The van der Waals surface area contributed by atoms with E-state index in [4.69, 9.17) is 9.47 Å². The zero-order valence-corrected chi connectivity index (χ0v) is 23.2. The number of sulfonamides is 2. The summed E-state index contributed by atoms with van der Waals surface area (Å²) in [6, 6.07) is 21.0. The Balaban J connectivity index is 1.33. The number of aryl methyl sites for hydroxylation is 1. The van der Waals surface area contributed by atoms with Crippen LogP contribution in [0.5, 0.6) is 5.75 Å². The van der Waals surface area contributed by atoms with Crippen LogP contribution in [-0.4, -0.2) is 73.0 Å². The smallest absolute Gasteiger partial charge is 0.264 e. The van der Waals surface area contributed by atoms with Gasteiger partial charge in [-0.2, -0.15) is 4.31 Å². The van der Waals surface area contributed by atoms with Crippen LogP contribution < -0.4 is 14.4 Å². The lowest BCUT2D eigenvalue weighted by molar-refractivity contribution is -0.119. The van der Waals surface area contributed by atoms with Gasteiger partial charge in [0.15, 0.2) is 0 Å². The molecule has 3 aromatic rings. The zero-order valence-electron chi connectivity index (χ0n) is 21.5. The van der Waals surface area contributed by atoms with E-state index in [1.807, 2.05) is 6.92 Å². The number of nitrogens with one attached hydrogen (secondary N) is 1. The normalized spacial score (nSPS) is 14.5. The topological polar surface area (TPSA) is 122 Å². The SMILES string of the molecule is Cc1ccc(S(=O)(=O)N(CC(=O)NCCOc2ccc(S(=O)(=O)N3CCOCC3)cc2)c2ccccc2)cc1. The molecule has 39 heavy (non-hydrogen) atoms. The van der Waals surface area contributed by atoms with Gasteiger partial charge in [0.2, 0.25) is 15.9 Å². The molecule has 0 unspecified atom stereocenters. The molecule has 0 saturated carbocycles. The first-order valence-corrected chi connectivity index (χ1v) is 15.3. The number of morpholine rings is 1. The van der Waals surface area contributed by atoms with Crippen molar-refractivity contribution < 1.29 is 31.1 Å². The van der Waals surface area contributed by atoms with E-state index in [9.17, 15) is 21.6 Å². The van der Waals surface area contributed by atoms with Gasteiger partial charge in [-0.25, -0.2) is 16.8 Å². The highest BCUT2D eigenvalue weighted by molar-refractivity contribution is 7.92. The maximum Gasteiger partial charge on any atom is 0.264 e. The molecular formula is C27H31N3O7S2. The molecule has 1 heterocycles. The average molecular weight is 574 g/mol. The van der Waals surface area contributed by atoms with Crippen molar-refractivity contribution >= 4 is 31.6 Å². The van der Waals surface area contributed by atoms with E-state index < -0.39 is 32.5 Å². The summed E-state index contributed by atoms with van der Waals surface area (Å²) >= 11 is 0. The highest BCUT2D eigenvalue weighted by Gasteiger charge is 2.28. The summed E-state index contributed by atoms with van der Waals surface area (Å²) in [4.78, 5) is 13.0. The Kier molecular flexibility index (Phi) is 9.23. The standard InChI is InChI=1S/C27H31N3O7S2/c1-22-7-11-26(12-8-22)39(34,35)30(23-5-3-2-4-6-23)21-27(31)28-15-18-37-24-9-13-25(14-10-24)38(32,33)29-16-19-36-20-17-29/h2-14H,15-21H2,1H3,(H,28,31). The lowest BCUT2D eigenvalue weighted by atomic mass is 10.2. The molecule has 0 atom stereocenters. The fraction of sp³-hybridized carbons (Fsp3) is 0.296. The van der Waals surface area contributed by atoms with Crippen LogP contribution in [0.2, 0.25) is 0 Å². The van der Waals surface area contributed by atoms with Gasteiger partial charge in [0, 0.05) is 13.1 Å². The quantitative estimate of drug-likeness (QED) is 0.350. The third-order valence-corrected chi connectivity index (χ3v) is 9.77. The highest BCUT2D eigenvalue weighted by atomic mass is 32.2. The molecule has 0 aliphatic carbocycles. The number of amides is 1. The Morgan fingerprint density at radius 1 is 0.897 bits per heavy atom. The second-order valence-electron chi connectivity index (χ2n) is 8.85. The summed E-state index contributed by atoms with van der Waals surface area (Å²) in [7, 11) is -7.58. The summed E-state index contributed by atoms with van der Waals surface area (Å²) in [5, 5.41) is 2.68. The van der Waals surface area contributed by atoms with Crippen molar-refractivity contribution in [2.24, 2.45) is 0 Å². The molecule has 3 aromatic carbocycles. The molecule has 0 radical (unpaired) electrons. The van der Waals surface area contributed by atoms with Gasteiger partial charge >= 0.3 is 0 Å². The first kappa shape index (κ1) is 28.6. The van der Waals surface area contributed by atoms with Crippen LogP contribution in [0.1, 0.15) is 5.56 Å². The van der Waals surface area contributed by atoms with Crippen LogP contribution in [-0.2, 0) is 29.6 Å².